The first-order chi connectivity index (χ1) is 8.92. The van der Waals surface area contributed by atoms with E-state index in [1.54, 1.807) is 18.7 Å². The molecule has 110 valence electrons. The maximum absolute atomic E-state index is 11.8. The number of amides is 2. The molecule has 0 heterocycles. The molecule has 0 bridgehead atoms. The molecular weight excluding hydrogens is 264 g/mol. The number of carbonyl (C=O) groups excluding carboxylic acids is 1. The monoisotopic (exact) mass is 288 g/mol. The summed E-state index contributed by atoms with van der Waals surface area (Å²) < 4.78 is 0. The standard InChI is InChI=1S/C13H24N2O3S/c1-4-13(2,11(16)17)8-14-12(18)15-9-6-5-7-10(9)19-3/h9-10H,4-8H2,1-3H3,(H,16,17)(H2,14,15,18). The number of hydrogen-bond donors (Lipinski definition) is 3. The van der Waals surface area contributed by atoms with E-state index in [-0.39, 0.29) is 18.6 Å². The van der Waals surface area contributed by atoms with Crippen molar-refractivity contribution < 1.29 is 14.7 Å². The van der Waals surface area contributed by atoms with Gasteiger partial charge in [-0.1, -0.05) is 13.3 Å². The van der Waals surface area contributed by atoms with Gasteiger partial charge in [-0.25, -0.2) is 4.79 Å². The van der Waals surface area contributed by atoms with E-state index in [9.17, 15) is 9.59 Å². The second kappa shape index (κ2) is 7.03. The first kappa shape index (κ1) is 16.1. The van der Waals surface area contributed by atoms with Crippen LogP contribution in [0.1, 0.15) is 39.5 Å². The van der Waals surface area contributed by atoms with Crippen LogP contribution in [0.5, 0.6) is 0 Å². The van der Waals surface area contributed by atoms with Crippen molar-refractivity contribution in [1.29, 1.82) is 0 Å². The summed E-state index contributed by atoms with van der Waals surface area (Å²) in [5, 5.41) is 15.2. The summed E-state index contributed by atoms with van der Waals surface area (Å²) in [5.74, 6) is -0.877. The Morgan fingerprint density at radius 2 is 2.11 bits per heavy atom. The van der Waals surface area contributed by atoms with Gasteiger partial charge in [0.25, 0.3) is 0 Å². The first-order valence-corrected chi connectivity index (χ1v) is 8.02. The van der Waals surface area contributed by atoms with E-state index in [0.29, 0.717) is 11.7 Å². The van der Waals surface area contributed by atoms with E-state index >= 15 is 0 Å². The van der Waals surface area contributed by atoms with Gasteiger partial charge in [-0.3, -0.25) is 4.79 Å². The van der Waals surface area contributed by atoms with Crippen molar-refractivity contribution in [3.63, 3.8) is 0 Å². The molecule has 1 rings (SSSR count). The van der Waals surface area contributed by atoms with Crippen LogP contribution in [-0.2, 0) is 4.79 Å². The number of rotatable bonds is 6. The van der Waals surface area contributed by atoms with Gasteiger partial charge in [0.15, 0.2) is 0 Å². The van der Waals surface area contributed by atoms with Crippen molar-refractivity contribution in [2.75, 3.05) is 12.8 Å². The second-order valence-corrected chi connectivity index (χ2v) is 6.43. The van der Waals surface area contributed by atoms with Gasteiger partial charge < -0.3 is 15.7 Å². The highest BCUT2D eigenvalue weighted by Gasteiger charge is 2.32. The average Bonchev–Trinajstić information content (AvgIpc) is 2.82. The van der Waals surface area contributed by atoms with Crippen LogP contribution in [0, 0.1) is 5.41 Å². The van der Waals surface area contributed by atoms with Gasteiger partial charge in [0.1, 0.15) is 0 Å². The van der Waals surface area contributed by atoms with E-state index in [0.717, 1.165) is 19.3 Å². The highest BCUT2D eigenvalue weighted by molar-refractivity contribution is 7.99. The number of aliphatic carboxylic acids is 1. The van der Waals surface area contributed by atoms with Crippen molar-refractivity contribution in [2.45, 2.75) is 50.8 Å². The molecule has 0 aromatic rings. The van der Waals surface area contributed by atoms with Crippen LogP contribution >= 0.6 is 11.8 Å². The van der Waals surface area contributed by atoms with Crippen molar-refractivity contribution in [3.8, 4) is 0 Å². The summed E-state index contributed by atoms with van der Waals surface area (Å²) in [6.45, 7) is 3.62. The molecule has 0 aromatic heterocycles. The minimum absolute atomic E-state index is 0.154. The summed E-state index contributed by atoms with van der Waals surface area (Å²) >= 11 is 1.78. The van der Waals surface area contributed by atoms with Gasteiger partial charge in [0.05, 0.1) is 5.41 Å². The maximum atomic E-state index is 11.8. The maximum Gasteiger partial charge on any atom is 0.315 e. The van der Waals surface area contributed by atoms with Crippen LogP contribution in [0.2, 0.25) is 0 Å². The molecular formula is C13H24N2O3S. The zero-order chi connectivity index (χ0) is 14.5. The Morgan fingerprint density at radius 1 is 1.42 bits per heavy atom. The molecule has 1 fully saturated rings. The minimum atomic E-state index is -0.897. The third-order valence-corrected chi connectivity index (χ3v) is 5.18. The summed E-state index contributed by atoms with van der Waals surface area (Å²) in [7, 11) is 0. The van der Waals surface area contributed by atoms with Crippen LogP contribution in [0.15, 0.2) is 0 Å². The molecule has 3 N–H and O–H groups in total. The molecule has 1 saturated carbocycles. The molecule has 1 aliphatic carbocycles. The lowest BCUT2D eigenvalue weighted by molar-refractivity contribution is -0.147. The van der Waals surface area contributed by atoms with E-state index in [4.69, 9.17) is 5.11 Å². The highest BCUT2D eigenvalue weighted by Crippen LogP contribution is 2.28. The van der Waals surface area contributed by atoms with Gasteiger partial charge in [0, 0.05) is 17.8 Å². The predicted molar refractivity (Wildman–Crippen MR) is 77.5 cm³/mol. The number of carboxylic acids is 1. The summed E-state index contributed by atoms with van der Waals surface area (Å²) in [6, 6.07) is -0.0559. The number of carboxylic acid groups (broad SMARTS) is 1. The number of hydrogen-bond acceptors (Lipinski definition) is 3. The van der Waals surface area contributed by atoms with E-state index in [1.165, 1.54) is 0 Å². The van der Waals surface area contributed by atoms with Gasteiger partial charge >= 0.3 is 12.0 Å². The second-order valence-electron chi connectivity index (χ2n) is 5.36. The molecule has 19 heavy (non-hydrogen) atoms. The lowest BCUT2D eigenvalue weighted by atomic mass is 9.88. The van der Waals surface area contributed by atoms with Gasteiger partial charge in [-0.15, -0.1) is 0 Å². The third-order valence-electron chi connectivity index (χ3n) is 4.01. The molecule has 6 heteroatoms. The topological polar surface area (TPSA) is 78.4 Å². The van der Waals surface area contributed by atoms with Crippen molar-refractivity contribution in [1.82, 2.24) is 10.6 Å². The summed E-state index contributed by atoms with van der Waals surface area (Å²) in [4.78, 5) is 23.0. The predicted octanol–water partition coefficient (Wildman–Crippen LogP) is 2.07. The van der Waals surface area contributed by atoms with Gasteiger partial charge in [-0.05, 0) is 32.4 Å². The summed E-state index contributed by atoms with van der Waals surface area (Å²) in [6.07, 6.45) is 5.82. The normalized spacial score (nSPS) is 25.6. The number of thioether (sulfide) groups is 1. The molecule has 3 atom stereocenters. The minimum Gasteiger partial charge on any atom is -0.481 e. The Bertz CT molecular complexity index is 338. The van der Waals surface area contributed by atoms with Crippen molar-refractivity contribution >= 4 is 23.8 Å². The average molecular weight is 288 g/mol. The van der Waals surface area contributed by atoms with Crippen LogP contribution in [0.3, 0.4) is 0 Å². The van der Waals surface area contributed by atoms with Crippen molar-refractivity contribution in [3.05, 3.63) is 0 Å². The molecule has 0 aromatic carbocycles. The fourth-order valence-corrected chi connectivity index (χ4v) is 3.15. The van der Waals surface area contributed by atoms with Crippen LogP contribution in [-0.4, -0.2) is 41.2 Å². The smallest absolute Gasteiger partial charge is 0.315 e. The highest BCUT2D eigenvalue weighted by atomic mass is 32.2. The number of nitrogens with one attached hydrogen (secondary N) is 2. The van der Waals surface area contributed by atoms with Gasteiger partial charge in [0.2, 0.25) is 0 Å². The third kappa shape index (κ3) is 4.30. The summed E-state index contributed by atoms with van der Waals surface area (Å²) in [5.41, 5.74) is -0.897. The Kier molecular flexibility index (Phi) is 5.97. The largest absolute Gasteiger partial charge is 0.481 e. The molecule has 0 saturated heterocycles. The molecule has 0 spiro atoms. The van der Waals surface area contributed by atoms with Crippen LogP contribution in [0.25, 0.3) is 0 Å². The molecule has 0 aliphatic heterocycles. The zero-order valence-electron chi connectivity index (χ0n) is 11.9. The number of carbonyl (C=O) groups is 2. The lowest BCUT2D eigenvalue weighted by Crippen LogP contribution is -2.48. The zero-order valence-corrected chi connectivity index (χ0v) is 12.7. The van der Waals surface area contributed by atoms with Gasteiger partial charge in [-0.2, -0.15) is 11.8 Å². The molecule has 3 unspecified atom stereocenters. The first-order valence-electron chi connectivity index (χ1n) is 6.73. The Balaban J connectivity index is 2.41. The van der Waals surface area contributed by atoms with E-state index in [2.05, 4.69) is 16.9 Å². The molecule has 5 nitrogen and oxygen atoms in total. The Labute approximate surface area is 118 Å². The Hall–Kier alpha value is -0.910. The van der Waals surface area contributed by atoms with E-state index < -0.39 is 11.4 Å². The lowest BCUT2D eigenvalue weighted by Gasteiger charge is -2.25. The SMILES string of the molecule is CCC(C)(CNC(=O)NC1CCCC1SC)C(=O)O. The van der Waals surface area contributed by atoms with E-state index in [1.807, 2.05) is 6.92 Å². The quantitative estimate of drug-likeness (QED) is 0.699. The fourth-order valence-electron chi connectivity index (χ4n) is 2.22. The molecule has 0 radical (unpaired) electrons. The van der Waals surface area contributed by atoms with Crippen LogP contribution in [0.4, 0.5) is 4.79 Å². The van der Waals surface area contributed by atoms with Crippen molar-refractivity contribution in [2.24, 2.45) is 5.41 Å². The molecule has 1 aliphatic rings. The number of urea groups is 1. The van der Waals surface area contributed by atoms with Crippen LogP contribution < -0.4 is 10.6 Å². The Morgan fingerprint density at radius 3 is 2.63 bits per heavy atom. The molecule has 2 amide bonds. The fraction of sp³-hybridized carbons (Fsp3) is 0.846.